The van der Waals surface area contributed by atoms with Crippen molar-refractivity contribution < 1.29 is 13.2 Å². The fourth-order valence-electron chi connectivity index (χ4n) is 2.31. The van der Waals surface area contributed by atoms with E-state index >= 15 is 0 Å². The molecule has 2 aromatic rings. The van der Waals surface area contributed by atoms with Crippen molar-refractivity contribution in [3.8, 4) is 0 Å². The minimum atomic E-state index is -3.51. The van der Waals surface area contributed by atoms with Crippen molar-refractivity contribution in [1.29, 1.82) is 0 Å². The number of hydrogen-bond donors (Lipinski definition) is 2. The van der Waals surface area contributed by atoms with Gasteiger partial charge in [-0.15, -0.1) is 11.3 Å². The van der Waals surface area contributed by atoms with Gasteiger partial charge in [-0.3, -0.25) is 10.1 Å². The lowest BCUT2D eigenvalue weighted by atomic mass is 10.4. The third kappa shape index (κ3) is 2.92. The average molecular weight is 340 g/mol. The first-order valence-electron chi connectivity index (χ1n) is 6.89. The summed E-state index contributed by atoms with van der Waals surface area (Å²) in [6.07, 6.45) is 4.77. The van der Waals surface area contributed by atoms with Crippen molar-refractivity contribution >= 4 is 32.4 Å². The van der Waals surface area contributed by atoms with Gasteiger partial charge in [0.15, 0.2) is 5.13 Å². The van der Waals surface area contributed by atoms with E-state index in [1.165, 1.54) is 27.9 Å². The highest BCUT2D eigenvalue weighted by molar-refractivity contribution is 7.89. The highest BCUT2D eigenvalue weighted by Gasteiger charge is 2.28. The maximum Gasteiger partial charge on any atom is 0.273 e. The Labute approximate surface area is 132 Å². The number of H-pyrrole nitrogens is 1. The van der Waals surface area contributed by atoms with Crippen LogP contribution in [-0.2, 0) is 10.0 Å². The Hall–Kier alpha value is -1.71. The van der Waals surface area contributed by atoms with Crippen LogP contribution in [0.2, 0.25) is 0 Å². The summed E-state index contributed by atoms with van der Waals surface area (Å²) in [6.45, 7) is 2.96. The summed E-state index contributed by atoms with van der Waals surface area (Å²) in [5.74, 6) is -0.405. The molecule has 3 rings (SSSR count). The largest absolute Gasteiger partial charge is 0.356 e. The second-order valence-electron chi connectivity index (χ2n) is 5.09. The molecule has 1 saturated heterocycles. The van der Waals surface area contributed by atoms with Gasteiger partial charge in [-0.2, -0.15) is 4.31 Å². The number of carbonyl (C=O) groups excluding carboxylic acids is 1. The minimum Gasteiger partial charge on any atom is -0.356 e. The second kappa shape index (κ2) is 5.82. The summed E-state index contributed by atoms with van der Waals surface area (Å²) in [4.78, 5) is 20.0. The molecule has 9 heteroatoms. The monoisotopic (exact) mass is 340 g/mol. The molecule has 0 unspecified atom stereocenters. The molecule has 0 aliphatic carbocycles. The smallest absolute Gasteiger partial charge is 0.273 e. The molecule has 0 saturated carbocycles. The van der Waals surface area contributed by atoms with Crippen LogP contribution < -0.4 is 5.32 Å². The lowest BCUT2D eigenvalue weighted by Gasteiger charge is -2.13. The molecular weight excluding hydrogens is 324 g/mol. The van der Waals surface area contributed by atoms with Gasteiger partial charge in [-0.25, -0.2) is 13.4 Å². The number of carbonyl (C=O) groups is 1. The van der Waals surface area contributed by atoms with Gasteiger partial charge in [0.05, 0.1) is 0 Å². The van der Waals surface area contributed by atoms with Gasteiger partial charge in [0.1, 0.15) is 10.6 Å². The minimum absolute atomic E-state index is 0.120. The molecule has 1 aliphatic heterocycles. The van der Waals surface area contributed by atoms with E-state index in [4.69, 9.17) is 0 Å². The van der Waals surface area contributed by atoms with Crippen molar-refractivity contribution in [2.45, 2.75) is 24.7 Å². The number of aromatic nitrogens is 2. The Morgan fingerprint density at radius 3 is 2.77 bits per heavy atom. The Morgan fingerprint density at radius 2 is 2.14 bits per heavy atom. The lowest BCUT2D eigenvalue weighted by molar-refractivity contribution is 0.102. The second-order valence-corrected chi connectivity index (χ2v) is 8.26. The quantitative estimate of drug-likeness (QED) is 0.887. The number of sulfonamides is 1. The molecule has 2 aromatic heterocycles. The molecule has 118 valence electrons. The number of thiazole rings is 1. The third-order valence-electron chi connectivity index (χ3n) is 3.45. The van der Waals surface area contributed by atoms with Gasteiger partial charge in [0, 0.05) is 30.4 Å². The first kappa shape index (κ1) is 15.2. The summed E-state index contributed by atoms with van der Waals surface area (Å²) >= 11 is 1.36. The highest BCUT2D eigenvalue weighted by atomic mass is 32.2. The Kier molecular flexibility index (Phi) is 4.02. The zero-order valence-electron chi connectivity index (χ0n) is 12.0. The van der Waals surface area contributed by atoms with Gasteiger partial charge in [-0.1, -0.05) is 0 Å². The summed E-state index contributed by atoms with van der Waals surface area (Å²) in [5, 5.41) is 3.13. The van der Waals surface area contributed by atoms with Crippen LogP contribution in [0, 0.1) is 6.92 Å². The molecule has 1 amide bonds. The van der Waals surface area contributed by atoms with Crippen LogP contribution in [0.25, 0.3) is 0 Å². The molecule has 1 fully saturated rings. The SMILES string of the molecule is Cc1cnc(NC(=O)c2cc(S(=O)(=O)N3CCCC3)c[nH]2)s1. The first-order chi connectivity index (χ1) is 10.5. The zero-order chi connectivity index (χ0) is 15.7. The zero-order valence-corrected chi connectivity index (χ0v) is 13.6. The predicted octanol–water partition coefficient (Wildman–Crippen LogP) is 1.82. The molecule has 2 N–H and O–H groups in total. The van der Waals surface area contributed by atoms with Crippen LogP contribution in [0.1, 0.15) is 28.2 Å². The molecule has 22 heavy (non-hydrogen) atoms. The third-order valence-corrected chi connectivity index (χ3v) is 6.15. The molecule has 7 nitrogen and oxygen atoms in total. The van der Waals surface area contributed by atoms with E-state index in [1.54, 1.807) is 6.20 Å². The van der Waals surface area contributed by atoms with Crippen LogP contribution in [0.15, 0.2) is 23.4 Å². The molecule has 0 atom stereocenters. The van der Waals surface area contributed by atoms with E-state index in [2.05, 4.69) is 15.3 Å². The Bertz CT molecular complexity index is 788. The summed E-state index contributed by atoms with van der Waals surface area (Å²) in [6, 6.07) is 1.36. The number of aryl methyl sites for hydroxylation is 1. The van der Waals surface area contributed by atoms with Crippen molar-refractivity contribution in [3.05, 3.63) is 29.0 Å². The number of nitrogens with zero attached hydrogens (tertiary/aromatic N) is 2. The average Bonchev–Trinajstić information content (AvgIpc) is 3.20. The number of rotatable bonds is 4. The van der Waals surface area contributed by atoms with E-state index in [9.17, 15) is 13.2 Å². The van der Waals surface area contributed by atoms with Crippen LogP contribution in [0.5, 0.6) is 0 Å². The number of aromatic amines is 1. The van der Waals surface area contributed by atoms with Gasteiger partial charge in [0.25, 0.3) is 5.91 Å². The summed E-state index contributed by atoms with van der Waals surface area (Å²) in [7, 11) is -3.51. The summed E-state index contributed by atoms with van der Waals surface area (Å²) in [5.41, 5.74) is 0.200. The fourth-order valence-corrected chi connectivity index (χ4v) is 4.48. The van der Waals surface area contributed by atoms with Gasteiger partial charge < -0.3 is 4.98 Å². The topological polar surface area (TPSA) is 95.2 Å². The normalized spacial score (nSPS) is 16.0. The number of anilines is 1. The van der Waals surface area contributed by atoms with Crippen LogP contribution in [0.3, 0.4) is 0 Å². The lowest BCUT2D eigenvalue weighted by Crippen LogP contribution is -2.27. The Morgan fingerprint density at radius 1 is 1.41 bits per heavy atom. The van der Waals surface area contributed by atoms with Crippen LogP contribution >= 0.6 is 11.3 Å². The molecule has 0 bridgehead atoms. The van der Waals surface area contributed by atoms with E-state index < -0.39 is 15.9 Å². The predicted molar refractivity (Wildman–Crippen MR) is 83.6 cm³/mol. The van der Waals surface area contributed by atoms with Crippen molar-refractivity contribution in [1.82, 2.24) is 14.3 Å². The number of hydrogen-bond acceptors (Lipinski definition) is 5. The molecule has 3 heterocycles. The van der Waals surface area contributed by atoms with E-state index in [0.717, 1.165) is 17.7 Å². The van der Waals surface area contributed by atoms with Gasteiger partial charge >= 0.3 is 0 Å². The van der Waals surface area contributed by atoms with Crippen molar-refractivity contribution in [2.24, 2.45) is 0 Å². The molecule has 0 spiro atoms. The molecule has 0 radical (unpaired) electrons. The maximum absolute atomic E-state index is 12.4. The highest BCUT2D eigenvalue weighted by Crippen LogP contribution is 2.22. The van der Waals surface area contributed by atoms with E-state index in [0.29, 0.717) is 18.2 Å². The maximum atomic E-state index is 12.4. The van der Waals surface area contributed by atoms with Gasteiger partial charge in [-0.05, 0) is 25.8 Å². The molecule has 1 aliphatic rings. The van der Waals surface area contributed by atoms with Crippen LogP contribution in [0.4, 0.5) is 5.13 Å². The van der Waals surface area contributed by atoms with E-state index in [-0.39, 0.29) is 10.6 Å². The van der Waals surface area contributed by atoms with Crippen LogP contribution in [-0.4, -0.2) is 41.7 Å². The first-order valence-corrected chi connectivity index (χ1v) is 9.15. The fraction of sp³-hybridized carbons (Fsp3) is 0.385. The van der Waals surface area contributed by atoms with Gasteiger partial charge in [0.2, 0.25) is 10.0 Å². The summed E-state index contributed by atoms with van der Waals surface area (Å²) < 4.78 is 26.2. The van der Waals surface area contributed by atoms with Crippen molar-refractivity contribution in [2.75, 3.05) is 18.4 Å². The Balaban J connectivity index is 1.77. The number of amides is 1. The van der Waals surface area contributed by atoms with E-state index in [1.807, 2.05) is 6.92 Å². The molecule has 0 aromatic carbocycles. The standard InChI is InChI=1S/C13H16N4O3S2/c1-9-7-15-13(21-9)16-12(18)11-6-10(8-14-11)22(19,20)17-4-2-3-5-17/h6-8,14H,2-5H2,1H3,(H,15,16,18). The number of nitrogens with one attached hydrogen (secondary N) is 2. The van der Waals surface area contributed by atoms with Crippen molar-refractivity contribution in [3.63, 3.8) is 0 Å². The molecular formula is C13H16N4O3S2.